The van der Waals surface area contributed by atoms with Crippen molar-refractivity contribution in [3.8, 4) is 0 Å². The molecule has 1 atom stereocenters. The van der Waals surface area contributed by atoms with Gasteiger partial charge in [-0.2, -0.15) is 0 Å². The van der Waals surface area contributed by atoms with Crippen molar-refractivity contribution in [2.45, 2.75) is 31.7 Å². The third-order valence-corrected chi connectivity index (χ3v) is 2.47. The van der Waals surface area contributed by atoms with E-state index >= 15 is 0 Å². The Labute approximate surface area is 82.7 Å². The fourth-order valence-electron chi connectivity index (χ4n) is 1.72. The fraction of sp³-hybridized carbons (Fsp3) is 0.600. The molecule has 0 radical (unpaired) electrons. The molecular formula is C10H14N2O2. The number of nitrogens with zero attached hydrogens (tertiary/aromatic N) is 1. The van der Waals surface area contributed by atoms with Crippen LogP contribution in [0.25, 0.3) is 0 Å². The lowest BCUT2D eigenvalue weighted by Crippen LogP contribution is -2.26. The molecule has 1 N–H and O–H groups in total. The Morgan fingerprint density at radius 1 is 1.64 bits per heavy atom. The maximum atomic E-state index is 10.3. The van der Waals surface area contributed by atoms with E-state index in [1.165, 1.54) is 12.8 Å². The average Bonchev–Trinajstić information content (AvgIpc) is 2.68. The average molecular weight is 194 g/mol. The molecule has 1 aliphatic heterocycles. The molecule has 0 aliphatic carbocycles. The van der Waals surface area contributed by atoms with Crippen molar-refractivity contribution in [1.82, 2.24) is 10.3 Å². The Morgan fingerprint density at radius 2 is 2.57 bits per heavy atom. The molecule has 1 fully saturated rings. The first-order chi connectivity index (χ1) is 6.90. The predicted octanol–water partition coefficient (Wildman–Crippen LogP) is 1.23. The number of aromatic nitrogens is 1. The van der Waals surface area contributed by atoms with Crippen LogP contribution in [0, 0.1) is 0 Å². The van der Waals surface area contributed by atoms with Crippen molar-refractivity contribution < 1.29 is 9.21 Å². The summed E-state index contributed by atoms with van der Waals surface area (Å²) in [5.74, 6) is 0.724. The summed E-state index contributed by atoms with van der Waals surface area (Å²) in [6.45, 7) is 1.02. The molecule has 0 bridgehead atoms. The molecule has 1 aromatic rings. The Balaban J connectivity index is 2.03. The maximum Gasteiger partial charge on any atom is 0.211 e. The Bertz CT molecular complexity index is 303. The molecule has 0 aromatic carbocycles. The summed E-state index contributed by atoms with van der Waals surface area (Å²) in [5, 5.41) is 3.35. The number of piperidine rings is 1. The molecule has 2 rings (SSSR count). The summed E-state index contributed by atoms with van der Waals surface area (Å²) in [4.78, 5) is 14.5. The summed E-state index contributed by atoms with van der Waals surface area (Å²) >= 11 is 0. The molecule has 1 aromatic heterocycles. The molecule has 4 heteroatoms. The molecule has 0 saturated carbocycles. The number of nitrogens with one attached hydrogen (secondary N) is 1. The van der Waals surface area contributed by atoms with Crippen molar-refractivity contribution in [3.63, 3.8) is 0 Å². The van der Waals surface area contributed by atoms with Crippen molar-refractivity contribution in [1.29, 1.82) is 0 Å². The topological polar surface area (TPSA) is 55.1 Å². The Kier molecular flexibility index (Phi) is 2.93. The van der Waals surface area contributed by atoms with Crippen molar-refractivity contribution in [2.75, 3.05) is 6.54 Å². The van der Waals surface area contributed by atoms with Gasteiger partial charge in [0.25, 0.3) is 0 Å². The van der Waals surface area contributed by atoms with Gasteiger partial charge in [0.1, 0.15) is 12.5 Å². The highest BCUT2D eigenvalue weighted by Crippen LogP contribution is 2.21. The summed E-state index contributed by atoms with van der Waals surface area (Å²) in [6, 6.07) is 0.240. The van der Waals surface area contributed by atoms with Gasteiger partial charge in [0.15, 0.2) is 0 Å². The lowest BCUT2D eigenvalue weighted by atomic mass is 10.1. The predicted molar refractivity (Wildman–Crippen MR) is 50.9 cm³/mol. The number of hydrogen-bond donors (Lipinski definition) is 1. The van der Waals surface area contributed by atoms with E-state index in [1.807, 2.05) is 0 Å². The van der Waals surface area contributed by atoms with Crippen LogP contribution in [0.3, 0.4) is 0 Å². The maximum absolute atomic E-state index is 10.3. The molecule has 2 heterocycles. The number of aldehydes is 1. The van der Waals surface area contributed by atoms with Crippen LogP contribution in [0.15, 0.2) is 10.7 Å². The number of hydrogen-bond acceptors (Lipinski definition) is 4. The van der Waals surface area contributed by atoms with Crippen LogP contribution in [-0.2, 0) is 11.2 Å². The molecular weight excluding hydrogens is 180 g/mol. The van der Waals surface area contributed by atoms with Crippen LogP contribution in [0.5, 0.6) is 0 Å². The number of carbonyl (C=O) groups is 1. The largest absolute Gasteiger partial charge is 0.447 e. The summed E-state index contributed by atoms with van der Waals surface area (Å²) in [6.07, 6.45) is 6.26. The van der Waals surface area contributed by atoms with E-state index in [4.69, 9.17) is 4.42 Å². The first-order valence-electron chi connectivity index (χ1n) is 5.01. The summed E-state index contributed by atoms with van der Waals surface area (Å²) in [5.41, 5.74) is 0.724. The van der Waals surface area contributed by atoms with Gasteiger partial charge in [0, 0.05) is 6.42 Å². The van der Waals surface area contributed by atoms with Crippen molar-refractivity contribution >= 4 is 6.29 Å². The SMILES string of the molecule is O=CCc1coc(C2CCCCN2)n1. The molecule has 0 amide bonds. The van der Waals surface area contributed by atoms with Gasteiger partial charge in [-0.25, -0.2) is 4.98 Å². The van der Waals surface area contributed by atoms with Crippen LogP contribution in [0.2, 0.25) is 0 Å². The molecule has 1 unspecified atom stereocenters. The summed E-state index contributed by atoms with van der Waals surface area (Å²) in [7, 11) is 0. The minimum Gasteiger partial charge on any atom is -0.447 e. The third kappa shape index (κ3) is 2.01. The second kappa shape index (κ2) is 4.37. The number of rotatable bonds is 3. The van der Waals surface area contributed by atoms with Gasteiger partial charge in [0.05, 0.1) is 11.7 Å². The van der Waals surface area contributed by atoms with Crippen molar-refractivity contribution in [2.24, 2.45) is 0 Å². The van der Waals surface area contributed by atoms with Gasteiger partial charge in [-0.3, -0.25) is 0 Å². The van der Waals surface area contributed by atoms with Gasteiger partial charge in [-0.05, 0) is 19.4 Å². The van der Waals surface area contributed by atoms with Crippen LogP contribution >= 0.6 is 0 Å². The van der Waals surface area contributed by atoms with Crippen LogP contribution in [0.1, 0.15) is 36.9 Å². The third-order valence-electron chi connectivity index (χ3n) is 2.47. The zero-order valence-corrected chi connectivity index (χ0v) is 8.03. The molecule has 14 heavy (non-hydrogen) atoms. The molecule has 4 nitrogen and oxygen atoms in total. The van der Waals surface area contributed by atoms with Gasteiger partial charge in [-0.15, -0.1) is 0 Å². The van der Waals surface area contributed by atoms with E-state index in [9.17, 15) is 4.79 Å². The first-order valence-corrected chi connectivity index (χ1v) is 5.01. The lowest BCUT2D eigenvalue weighted by Gasteiger charge is -2.20. The smallest absolute Gasteiger partial charge is 0.211 e. The second-order valence-corrected chi connectivity index (χ2v) is 3.55. The fourth-order valence-corrected chi connectivity index (χ4v) is 1.72. The van der Waals surface area contributed by atoms with Crippen LogP contribution < -0.4 is 5.32 Å². The normalized spacial score (nSPS) is 22.1. The van der Waals surface area contributed by atoms with E-state index in [0.29, 0.717) is 6.42 Å². The van der Waals surface area contributed by atoms with Gasteiger partial charge in [-0.1, -0.05) is 6.42 Å². The minimum absolute atomic E-state index is 0.240. The minimum atomic E-state index is 0.240. The standard InChI is InChI=1S/C10H14N2O2/c13-6-4-8-7-14-10(12-8)9-3-1-2-5-11-9/h6-7,9,11H,1-5H2. The van der Waals surface area contributed by atoms with Crippen LogP contribution in [0.4, 0.5) is 0 Å². The molecule has 1 aliphatic rings. The number of oxazole rings is 1. The Morgan fingerprint density at radius 3 is 3.29 bits per heavy atom. The highest BCUT2D eigenvalue weighted by atomic mass is 16.3. The summed E-state index contributed by atoms with van der Waals surface area (Å²) < 4.78 is 5.32. The van der Waals surface area contributed by atoms with Gasteiger partial charge < -0.3 is 14.5 Å². The highest BCUT2D eigenvalue weighted by molar-refractivity contribution is 5.53. The van der Waals surface area contributed by atoms with E-state index in [-0.39, 0.29) is 6.04 Å². The molecule has 76 valence electrons. The van der Waals surface area contributed by atoms with E-state index in [2.05, 4.69) is 10.3 Å². The zero-order chi connectivity index (χ0) is 9.80. The van der Waals surface area contributed by atoms with E-state index < -0.39 is 0 Å². The molecule has 1 saturated heterocycles. The van der Waals surface area contributed by atoms with Gasteiger partial charge in [0.2, 0.25) is 5.89 Å². The van der Waals surface area contributed by atoms with Crippen LogP contribution in [-0.4, -0.2) is 17.8 Å². The van der Waals surface area contributed by atoms with Gasteiger partial charge >= 0.3 is 0 Å². The van der Waals surface area contributed by atoms with E-state index in [1.54, 1.807) is 6.26 Å². The highest BCUT2D eigenvalue weighted by Gasteiger charge is 2.19. The lowest BCUT2D eigenvalue weighted by molar-refractivity contribution is -0.107. The first kappa shape index (κ1) is 9.40. The molecule has 0 spiro atoms. The monoisotopic (exact) mass is 194 g/mol. The number of carbonyl (C=O) groups excluding carboxylic acids is 1. The van der Waals surface area contributed by atoms with E-state index in [0.717, 1.165) is 30.8 Å². The zero-order valence-electron chi connectivity index (χ0n) is 8.03. The van der Waals surface area contributed by atoms with Crippen molar-refractivity contribution in [3.05, 3.63) is 17.8 Å². The second-order valence-electron chi connectivity index (χ2n) is 3.55. The Hall–Kier alpha value is -1.16. The quantitative estimate of drug-likeness (QED) is 0.735.